The molecule has 0 saturated heterocycles. The molecule has 2 N–H and O–H groups in total. The third kappa shape index (κ3) is 2.13. The second-order valence-corrected chi connectivity index (χ2v) is 3.03. The van der Waals surface area contributed by atoms with Crippen molar-refractivity contribution in [1.82, 2.24) is 10.2 Å². The molecule has 16 heavy (non-hydrogen) atoms. The van der Waals surface area contributed by atoms with Gasteiger partial charge in [0.25, 0.3) is 5.89 Å². The molecule has 0 bridgehead atoms. The Labute approximate surface area is 86.6 Å². The van der Waals surface area contributed by atoms with Crippen molar-refractivity contribution in [2.24, 2.45) is 5.73 Å². The molecule has 9 heteroatoms. The Bertz CT molecular complexity index is 361. The zero-order valence-electron chi connectivity index (χ0n) is 8.05. The van der Waals surface area contributed by atoms with Crippen LogP contribution in [0, 0.1) is 0 Å². The van der Waals surface area contributed by atoms with Crippen LogP contribution < -0.4 is 5.73 Å². The molecule has 0 aliphatic rings. The first-order valence-electron chi connectivity index (χ1n) is 4.24. The number of aromatic nitrogens is 2. The summed E-state index contributed by atoms with van der Waals surface area (Å²) >= 11 is 0. The minimum atomic E-state index is -5.77. The Morgan fingerprint density at radius 3 is 2.25 bits per heavy atom. The van der Waals surface area contributed by atoms with Crippen molar-refractivity contribution in [3.05, 3.63) is 11.8 Å². The van der Waals surface area contributed by atoms with E-state index in [0.717, 1.165) is 0 Å². The topological polar surface area (TPSA) is 64.9 Å². The Hall–Kier alpha value is -1.25. The fraction of sp³-hybridized carbons (Fsp3) is 0.714. The molecule has 1 heterocycles. The van der Waals surface area contributed by atoms with Gasteiger partial charge in [0.1, 0.15) is 0 Å². The van der Waals surface area contributed by atoms with E-state index in [-0.39, 0.29) is 6.42 Å². The lowest BCUT2D eigenvalue weighted by Gasteiger charge is -2.14. The van der Waals surface area contributed by atoms with E-state index in [1.54, 1.807) is 6.92 Å². The fourth-order valence-corrected chi connectivity index (χ4v) is 0.807. The summed E-state index contributed by atoms with van der Waals surface area (Å²) in [7, 11) is 0. The van der Waals surface area contributed by atoms with Gasteiger partial charge in [0.2, 0.25) is 5.89 Å². The molecule has 1 rings (SSSR count). The van der Waals surface area contributed by atoms with E-state index < -0.39 is 29.9 Å². The zero-order valence-corrected chi connectivity index (χ0v) is 8.05. The van der Waals surface area contributed by atoms with E-state index >= 15 is 0 Å². The van der Waals surface area contributed by atoms with Gasteiger partial charge in [-0.15, -0.1) is 10.2 Å². The number of halogens is 5. The molecule has 0 aliphatic carbocycles. The number of hydrogen-bond acceptors (Lipinski definition) is 4. The summed E-state index contributed by atoms with van der Waals surface area (Å²) in [6, 6.07) is -0.856. The minimum absolute atomic E-state index is 0.277. The molecule has 4 nitrogen and oxygen atoms in total. The van der Waals surface area contributed by atoms with Crippen molar-refractivity contribution in [1.29, 1.82) is 0 Å². The van der Waals surface area contributed by atoms with Crippen molar-refractivity contribution >= 4 is 0 Å². The van der Waals surface area contributed by atoms with Crippen LogP contribution >= 0.6 is 0 Å². The van der Waals surface area contributed by atoms with Crippen LogP contribution in [0.25, 0.3) is 0 Å². The van der Waals surface area contributed by atoms with Crippen LogP contribution in [0.3, 0.4) is 0 Å². The van der Waals surface area contributed by atoms with Crippen molar-refractivity contribution in [2.45, 2.75) is 31.5 Å². The monoisotopic (exact) mass is 245 g/mol. The maximum atomic E-state index is 12.7. The van der Waals surface area contributed by atoms with Crippen LogP contribution in [-0.4, -0.2) is 16.4 Å². The van der Waals surface area contributed by atoms with Crippen molar-refractivity contribution in [3.8, 4) is 0 Å². The SMILES string of the molecule is CCC(N)c1nnc(C(F)(F)C(F)(F)F)o1. The first kappa shape index (κ1) is 12.8. The molecule has 92 valence electrons. The maximum absolute atomic E-state index is 12.7. The normalized spacial score (nSPS) is 15.2. The van der Waals surface area contributed by atoms with E-state index in [4.69, 9.17) is 5.73 Å². The van der Waals surface area contributed by atoms with Crippen molar-refractivity contribution in [2.75, 3.05) is 0 Å². The summed E-state index contributed by atoms with van der Waals surface area (Å²) in [6.07, 6.45) is -5.49. The zero-order chi connectivity index (χ0) is 12.6. The lowest BCUT2D eigenvalue weighted by atomic mass is 10.2. The minimum Gasteiger partial charge on any atom is -0.418 e. The van der Waals surface area contributed by atoms with Crippen LogP contribution in [-0.2, 0) is 5.92 Å². The lowest BCUT2D eigenvalue weighted by Crippen LogP contribution is -2.34. The van der Waals surface area contributed by atoms with Gasteiger partial charge >= 0.3 is 12.1 Å². The van der Waals surface area contributed by atoms with Gasteiger partial charge in [-0.05, 0) is 6.42 Å². The number of alkyl halides is 5. The number of rotatable bonds is 3. The van der Waals surface area contributed by atoms with Crippen molar-refractivity contribution in [3.63, 3.8) is 0 Å². The molecule has 1 aromatic heterocycles. The Morgan fingerprint density at radius 1 is 1.25 bits per heavy atom. The lowest BCUT2D eigenvalue weighted by molar-refractivity contribution is -0.297. The summed E-state index contributed by atoms with van der Waals surface area (Å²) in [5, 5.41) is 5.70. The summed E-state index contributed by atoms with van der Waals surface area (Å²) in [6.45, 7) is 1.59. The van der Waals surface area contributed by atoms with Gasteiger partial charge in [0.15, 0.2) is 0 Å². The average Bonchev–Trinajstić information content (AvgIpc) is 2.64. The largest absolute Gasteiger partial charge is 0.463 e. The first-order valence-corrected chi connectivity index (χ1v) is 4.24. The van der Waals surface area contributed by atoms with Crippen molar-refractivity contribution < 1.29 is 26.4 Å². The first-order chi connectivity index (χ1) is 7.20. The maximum Gasteiger partial charge on any atom is 0.463 e. The second-order valence-electron chi connectivity index (χ2n) is 3.03. The van der Waals surface area contributed by atoms with Crippen LogP contribution in [0.15, 0.2) is 4.42 Å². The van der Waals surface area contributed by atoms with Crippen LogP contribution in [0.2, 0.25) is 0 Å². The van der Waals surface area contributed by atoms with E-state index in [2.05, 4.69) is 14.6 Å². The Balaban J connectivity index is 3.02. The molecule has 0 saturated carbocycles. The van der Waals surface area contributed by atoms with E-state index in [1.807, 2.05) is 0 Å². The van der Waals surface area contributed by atoms with Gasteiger partial charge in [-0.2, -0.15) is 22.0 Å². The highest BCUT2D eigenvalue weighted by Gasteiger charge is 2.63. The van der Waals surface area contributed by atoms with Gasteiger partial charge in [-0.3, -0.25) is 0 Å². The summed E-state index contributed by atoms with van der Waals surface area (Å²) < 4.78 is 65.3. The predicted molar refractivity (Wildman–Crippen MR) is 41.5 cm³/mol. The quantitative estimate of drug-likeness (QED) is 0.828. The second kappa shape index (κ2) is 3.96. The molecule has 0 fully saturated rings. The average molecular weight is 245 g/mol. The Kier molecular flexibility index (Phi) is 3.17. The van der Waals surface area contributed by atoms with Gasteiger partial charge < -0.3 is 10.2 Å². The molecular formula is C7H8F5N3O. The molecule has 1 aromatic rings. The highest BCUT2D eigenvalue weighted by atomic mass is 19.4. The summed E-state index contributed by atoms with van der Waals surface area (Å²) in [5.74, 6) is -7.40. The Morgan fingerprint density at radius 2 is 1.81 bits per heavy atom. The number of hydrogen-bond donors (Lipinski definition) is 1. The molecule has 0 aromatic carbocycles. The molecule has 0 spiro atoms. The van der Waals surface area contributed by atoms with E-state index in [9.17, 15) is 22.0 Å². The van der Waals surface area contributed by atoms with Gasteiger partial charge in [-0.25, -0.2) is 0 Å². The molecule has 0 radical (unpaired) electrons. The summed E-state index contributed by atoms with van der Waals surface area (Å²) in [4.78, 5) is 0. The highest BCUT2D eigenvalue weighted by molar-refractivity contribution is 4.97. The molecule has 1 atom stereocenters. The third-order valence-electron chi connectivity index (χ3n) is 1.82. The van der Waals surface area contributed by atoms with Gasteiger partial charge in [0, 0.05) is 0 Å². The van der Waals surface area contributed by atoms with Gasteiger partial charge in [0.05, 0.1) is 6.04 Å². The van der Waals surface area contributed by atoms with E-state index in [1.165, 1.54) is 0 Å². The van der Waals surface area contributed by atoms with Gasteiger partial charge in [-0.1, -0.05) is 6.92 Å². The van der Waals surface area contributed by atoms with Crippen LogP contribution in [0.1, 0.15) is 31.2 Å². The smallest absolute Gasteiger partial charge is 0.418 e. The third-order valence-corrected chi connectivity index (χ3v) is 1.82. The van der Waals surface area contributed by atoms with E-state index in [0.29, 0.717) is 0 Å². The number of nitrogens with two attached hydrogens (primary N) is 1. The van der Waals surface area contributed by atoms with Crippen LogP contribution in [0.4, 0.5) is 22.0 Å². The molecule has 0 aliphatic heterocycles. The highest BCUT2D eigenvalue weighted by Crippen LogP contribution is 2.43. The fourth-order valence-electron chi connectivity index (χ4n) is 0.807. The summed E-state index contributed by atoms with van der Waals surface area (Å²) in [5.41, 5.74) is 5.34. The molecule has 0 amide bonds. The predicted octanol–water partition coefficient (Wildman–Crippen LogP) is 2.13. The van der Waals surface area contributed by atoms with Crippen LogP contribution in [0.5, 0.6) is 0 Å². The molecule has 1 unspecified atom stereocenters. The molecular weight excluding hydrogens is 237 g/mol. The standard InChI is InChI=1S/C7H8F5N3O/c1-2-3(13)4-14-15-5(16-4)6(8,9)7(10,11)12/h3H,2,13H2,1H3. The number of nitrogens with zero attached hydrogens (tertiary/aromatic N) is 2.